The second kappa shape index (κ2) is 6.43. The highest BCUT2D eigenvalue weighted by atomic mass is 32.2. The van der Waals surface area contributed by atoms with Crippen LogP contribution >= 0.6 is 23.1 Å². The monoisotopic (exact) mass is 285 g/mol. The smallest absolute Gasteiger partial charge is 0.233 e. The van der Waals surface area contributed by atoms with Gasteiger partial charge in [0, 0.05) is 12.6 Å². The molecule has 0 saturated carbocycles. The van der Waals surface area contributed by atoms with Crippen molar-refractivity contribution in [1.82, 2.24) is 9.88 Å². The van der Waals surface area contributed by atoms with Crippen LogP contribution in [0.5, 0.6) is 0 Å². The van der Waals surface area contributed by atoms with Crippen molar-refractivity contribution in [2.45, 2.75) is 42.9 Å². The van der Waals surface area contributed by atoms with Crippen LogP contribution < -0.4 is 5.73 Å². The largest absolute Gasteiger partial charge is 0.375 e. The number of likely N-dealkylation sites (tertiary alicyclic amines) is 1. The first-order chi connectivity index (χ1) is 8.70. The first kappa shape index (κ1) is 13.7. The summed E-state index contributed by atoms with van der Waals surface area (Å²) in [5.74, 6) is 0.747. The lowest BCUT2D eigenvalue weighted by Crippen LogP contribution is -2.44. The highest BCUT2D eigenvalue weighted by Crippen LogP contribution is 2.27. The highest BCUT2D eigenvalue weighted by Gasteiger charge is 2.25. The van der Waals surface area contributed by atoms with Crippen LogP contribution in [0.3, 0.4) is 0 Å². The third-order valence-corrected chi connectivity index (χ3v) is 5.26. The van der Waals surface area contributed by atoms with E-state index in [9.17, 15) is 4.79 Å². The molecule has 2 heterocycles. The summed E-state index contributed by atoms with van der Waals surface area (Å²) in [6.45, 7) is 3.08. The maximum absolute atomic E-state index is 12.2. The fourth-order valence-electron chi connectivity index (χ4n) is 2.31. The number of amides is 1. The minimum Gasteiger partial charge on any atom is -0.375 e. The van der Waals surface area contributed by atoms with Crippen LogP contribution in [0, 0.1) is 0 Å². The highest BCUT2D eigenvalue weighted by molar-refractivity contribution is 8.01. The number of nitrogens with two attached hydrogens (primary N) is 1. The first-order valence-electron chi connectivity index (χ1n) is 6.34. The van der Waals surface area contributed by atoms with Crippen LogP contribution in [-0.4, -0.2) is 34.1 Å². The number of carbonyl (C=O) groups is 1. The number of thioether (sulfide) groups is 1. The maximum atomic E-state index is 12.2. The molecule has 2 rings (SSSR count). The first-order valence-corrected chi connectivity index (χ1v) is 8.14. The average molecular weight is 285 g/mol. The standard InChI is InChI=1S/C12H19N3OS2/c1-2-9-5-3-4-6-15(9)10(16)8-17-11-7-14-12(13)18-11/h7,9H,2-6,8H2,1H3,(H2,13,14). The number of hydrogen-bond donors (Lipinski definition) is 1. The normalized spacial score (nSPS) is 20.1. The summed E-state index contributed by atoms with van der Waals surface area (Å²) in [6.07, 6.45) is 6.34. The van der Waals surface area contributed by atoms with Gasteiger partial charge in [-0.05, 0) is 25.7 Å². The van der Waals surface area contributed by atoms with Crippen molar-refractivity contribution in [3.8, 4) is 0 Å². The fraction of sp³-hybridized carbons (Fsp3) is 0.667. The van der Waals surface area contributed by atoms with Gasteiger partial charge in [0.25, 0.3) is 0 Å². The van der Waals surface area contributed by atoms with Crippen LogP contribution in [0.2, 0.25) is 0 Å². The van der Waals surface area contributed by atoms with E-state index in [4.69, 9.17) is 5.73 Å². The number of piperidine rings is 1. The Morgan fingerprint density at radius 1 is 1.67 bits per heavy atom. The van der Waals surface area contributed by atoms with Crippen molar-refractivity contribution in [3.63, 3.8) is 0 Å². The van der Waals surface area contributed by atoms with Crippen molar-refractivity contribution in [2.75, 3.05) is 18.0 Å². The number of thiazole rings is 1. The minimum absolute atomic E-state index is 0.249. The molecule has 1 aliphatic rings. The predicted molar refractivity (Wildman–Crippen MR) is 76.9 cm³/mol. The van der Waals surface area contributed by atoms with E-state index < -0.39 is 0 Å². The van der Waals surface area contributed by atoms with Gasteiger partial charge < -0.3 is 10.6 Å². The maximum Gasteiger partial charge on any atom is 0.233 e. The SMILES string of the molecule is CCC1CCCCN1C(=O)CSc1cnc(N)s1. The summed E-state index contributed by atoms with van der Waals surface area (Å²) < 4.78 is 1.02. The van der Waals surface area contributed by atoms with E-state index in [1.807, 2.05) is 0 Å². The number of nitrogen functional groups attached to an aromatic ring is 1. The van der Waals surface area contributed by atoms with Gasteiger partial charge >= 0.3 is 0 Å². The van der Waals surface area contributed by atoms with Crippen molar-refractivity contribution in [2.24, 2.45) is 0 Å². The van der Waals surface area contributed by atoms with Gasteiger partial charge in [-0.2, -0.15) is 0 Å². The van der Waals surface area contributed by atoms with Gasteiger partial charge in [-0.3, -0.25) is 4.79 Å². The van der Waals surface area contributed by atoms with Gasteiger partial charge in [0.1, 0.15) is 0 Å². The summed E-state index contributed by atoms with van der Waals surface area (Å²) in [7, 11) is 0. The zero-order valence-electron chi connectivity index (χ0n) is 10.6. The summed E-state index contributed by atoms with van der Waals surface area (Å²) >= 11 is 2.98. The van der Waals surface area contributed by atoms with E-state index in [0.29, 0.717) is 16.9 Å². The lowest BCUT2D eigenvalue weighted by atomic mass is 10.0. The van der Waals surface area contributed by atoms with Gasteiger partial charge in [0.2, 0.25) is 5.91 Å². The van der Waals surface area contributed by atoms with Crippen molar-refractivity contribution < 1.29 is 4.79 Å². The Kier molecular flexibility index (Phi) is 4.88. The molecular weight excluding hydrogens is 266 g/mol. The van der Waals surface area contributed by atoms with Crippen LogP contribution in [0.15, 0.2) is 10.4 Å². The van der Waals surface area contributed by atoms with E-state index in [0.717, 1.165) is 30.0 Å². The zero-order valence-corrected chi connectivity index (χ0v) is 12.2. The molecule has 1 atom stereocenters. The molecule has 0 bridgehead atoms. The average Bonchev–Trinajstić information content (AvgIpc) is 2.81. The Morgan fingerprint density at radius 2 is 2.50 bits per heavy atom. The van der Waals surface area contributed by atoms with Gasteiger partial charge in [0.15, 0.2) is 5.13 Å². The Bertz CT molecular complexity index is 408. The summed E-state index contributed by atoms with van der Waals surface area (Å²) in [6, 6.07) is 0.443. The van der Waals surface area contributed by atoms with E-state index in [2.05, 4.69) is 16.8 Å². The van der Waals surface area contributed by atoms with E-state index in [1.165, 1.54) is 17.8 Å². The number of nitrogens with zero attached hydrogens (tertiary/aromatic N) is 2. The molecule has 1 saturated heterocycles. The van der Waals surface area contributed by atoms with Gasteiger partial charge in [-0.15, -0.1) is 11.8 Å². The predicted octanol–water partition coefficient (Wildman–Crippen LogP) is 2.61. The lowest BCUT2D eigenvalue weighted by molar-refractivity contribution is -0.132. The van der Waals surface area contributed by atoms with Crippen molar-refractivity contribution in [3.05, 3.63) is 6.20 Å². The Hall–Kier alpha value is -0.750. The number of anilines is 1. The Balaban J connectivity index is 1.86. The topological polar surface area (TPSA) is 59.2 Å². The third-order valence-electron chi connectivity index (χ3n) is 3.26. The molecule has 1 aromatic rings. The van der Waals surface area contributed by atoms with Crippen LogP contribution in [0.25, 0.3) is 0 Å². The molecule has 2 N–H and O–H groups in total. The van der Waals surface area contributed by atoms with E-state index in [-0.39, 0.29) is 5.91 Å². The molecule has 1 aliphatic heterocycles. The summed E-state index contributed by atoms with van der Waals surface area (Å²) in [4.78, 5) is 18.3. The third kappa shape index (κ3) is 3.38. The molecule has 1 fully saturated rings. The molecule has 1 aromatic heterocycles. The number of aromatic nitrogens is 1. The van der Waals surface area contributed by atoms with Gasteiger partial charge in [0.05, 0.1) is 16.2 Å². The fourth-order valence-corrected chi connectivity index (χ4v) is 3.95. The Labute approximate surface area is 116 Å². The molecule has 100 valence electrons. The van der Waals surface area contributed by atoms with Crippen molar-refractivity contribution in [1.29, 1.82) is 0 Å². The number of carbonyl (C=O) groups excluding carboxylic acids is 1. The summed E-state index contributed by atoms with van der Waals surface area (Å²) in [5, 5.41) is 0.564. The van der Waals surface area contributed by atoms with Crippen LogP contribution in [0.4, 0.5) is 5.13 Å². The van der Waals surface area contributed by atoms with E-state index in [1.54, 1.807) is 18.0 Å². The quantitative estimate of drug-likeness (QED) is 0.864. The molecule has 0 radical (unpaired) electrons. The minimum atomic E-state index is 0.249. The van der Waals surface area contributed by atoms with E-state index >= 15 is 0 Å². The molecule has 1 unspecified atom stereocenters. The lowest BCUT2D eigenvalue weighted by Gasteiger charge is -2.35. The van der Waals surface area contributed by atoms with Gasteiger partial charge in [-0.25, -0.2) is 4.98 Å². The summed E-state index contributed by atoms with van der Waals surface area (Å²) in [5.41, 5.74) is 5.57. The second-order valence-corrected chi connectivity index (χ2v) is 6.79. The molecule has 4 nitrogen and oxygen atoms in total. The number of hydrogen-bond acceptors (Lipinski definition) is 5. The van der Waals surface area contributed by atoms with Crippen LogP contribution in [-0.2, 0) is 4.79 Å². The zero-order chi connectivity index (χ0) is 13.0. The molecule has 0 aromatic carbocycles. The molecule has 6 heteroatoms. The second-order valence-electron chi connectivity index (χ2n) is 4.45. The van der Waals surface area contributed by atoms with Crippen molar-refractivity contribution >= 4 is 34.1 Å². The molecule has 0 spiro atoms. The molecule has 0 aliphatic carbocycles. The van der Waals surface area contributed by atoms with Gasteiger partial charge in [-0.1, -0.05) is 18.3 Å². The molecule has 1 amide bonds. The molecule has 18 heavy (non-hydrogen) atoms. The number of rotatable bonds is 4. The molecular formula is C12H19N3OS2. The Morgan fingerprint density at radius 3 is 3.17 bits per heavy atom. The van der Waals surface area contributed by atoms with Crippen LogP contribution in [0.1, 0.15) is 32.6 Å².